The van der Waals surface area contributed by atoms with Crippen molar-refractivity contribution in [2.45, 2.75) is 17.0 Å². The normalized spacial score (nSPS) is 16.2. The fourth-order valence-electron chi connectivity index (χ4n) is 3.73. The molecule has 0 aromatic heterocycles. The van der Waals surface area contributed by atoms with E-state index in [4.69, 9.17) is 16.8 Å². The van der Waals surface area contributed by atoms with E-state index in [2.05, 4.69) is 9.50 Å². The molecule has 8 nitrogen and oxygen atoms in total. The number of hydrogen-bond acceptors (Lipinski definition) is 6. The molecule has 204 valence electrons. The summed E-state index contributed by atoms with van der Waals surface area (Å²) in [7, 11) is -4.51. The minimum atomic E-state index is -4.64. The molecule has 3 aromatic carbocycles. The van der Waals surface area contributed by atoms with Crippen LogP contribution >= 0.6 is 23.4 Å². The summed E-state index contributed by atoms with van der Waals surface area (Å²) in [6.45, 7) is 0.150. The molecule has 0 aliphatic carbocycles. The predicted molar refractivity (Wildman–Crippen MR) is 142 cm³/mol. The standard InChI is InChI=1S/C25H20ClF3N4O4S2/c26-19-10-6-17(7-11-19)23-21(16-4-2-1-3-5-16)14-33(30-23)24(38-15-22(34)31-35)32-39(36,37)20-12-8-18(9-13-20)25(27,28)29/h1-13,21,35H,14-15H2,(H,31,34)/b32-24-. The number of benzene rings is 3. The van der Waals surface area contributed by atoms with E-state index in [1.807, 2.05) is 30.3 Å². The van der Waals surface area contributed by atoms with Crippen molar-refractivity contribution in [1.82, 2.24) is 10.5 Å². The highest BCUT2D eigenvalue weighted by Gasteiger charge is 2.34. The van der Waals surface area contributed by atoms with E-state index < -0.39 is 38.3 Å². The maximum absolute atomic E-state index is 13.1. The number of hydrazone groups is 1. The Balaban J connectivity index is 1.75. The van der Waals surface area contributed by atoms with Crippen molar-refractivity contribution in [2.75, 3.05) is 12.3 Å². The van der Waals surface area contributed by atoms with Crippen LogP contribution in [0.1, 0.15) is 22.6 Å². The van der Waals surface area contributed by atoms with E-state index >= 15 is 0 Å². The number of hydrogen-bond donors (Lipinski definition) is 2. The van der Waals surface area contributed by atoms with Gasteiger partial charge in [0.05, 0.1) is 28.5 Å². The first-order chi connectivity index (χ1) is 18.5. The number of rotatable bonds is 6. The van der Waals surface area contributed by atoms with Gasteiger partial charge in [-0.3, -0.25) is 10.0 Å². The molecule has 1 aliphatic rings. The van der Waals surface area contributed by atoms with Crippen molar-refractivity contribution in [3.8, 4) is 0 Å². The molecule has 3 aromatic rings. The Morgan fingerprint density at radius 3 is 2.31 bits per heavy atom. The number of amides is 1. The number of nitrogens with one attached hydrogen (secondary N) is 1. The molecule has 14 heteroatoms. The number of alkyl halides is 3. The monoisotopic (exact) mass is 596 g/mol. The summed E-state index contributed by atoms with van der Waals surface area (Å²) in [5.41, 5.74) is 2.65. The van der Waals surface area contributed by atoms with Crippen LogP contribution in [0.15, 0.2) is 93.3 Å². The first kappa shape index (κ1) is 28.6. The quantitative estimate of drug-likeness (QED) is 0.176. The van der Waals surface area contributed by atoms with Crippen LogP contribution in [0.25, 0.3) is 0 Å². The van der Waals surface area contributed by atoms with Crippen LogP contribution in [0.5, 0.6) is 0 Å². The van der Waals surface area contributed by atoms with Gasteiger partial charge in [-0.25, -0.2) is 10.5 Å². The fraction of sp³-hybridized carbons (Fsp3) is 0.160. The predicted octanol–water partition coefficient (Wildman–Crippen LogP) is 5.15. The van der Waals surface area contributed by atoms with Gasteiger partial charge in [-0.2, -0.15) is 26.7 Å². The number of thioether (sulfide) groups is 1. The molecule has 0 saturated heterocycles. The minimum absolute atomic E-state index is 0.150. The molecule has 1 amide bonds. The Hall–Kier alpha value is -3.39. The average Bonchev–Trinajstić information content (AvgIpc) is 3.37. The maximum Gasteiger partial charge on any atom is 0.416 e. The highest BCUT2D eigenvalue weighted by atomic mass is 35.5. The molecule has 1 aliphatic heterocycles. The summed E-state index contributed by atoms with van der Waals surface area (Å²) < 4.78 is 68.9. The molecule has 0 fully saturated rings. The molecular weight excluding hydrogens is 577 g/mol. The molecule has 0 radical (unpaired) electrons. The molecule has 39 heavy (non-hydrogen) atoms. The van der Waals surface area contributed by atoms with Crippen molar-refractivity contribution in [1.29, 1.82) is 0 Å². The lowest BCUT2D eigenvalue weighted by molar-refractivity contribution is -0.137. The summed E-state index contributed by atoms with van der Waals surface area (Å²) >= 11 is 6.73. The zero-order valence-electron chi connectivity index (χ0n) is 19.8. The van der Waals surface area contributed by atoms with Crippen LogP contribution < -0.4 is 5.48 Å². The van der Waals surface area contributed by atoms with E-state index in [1.165, 1.54) is 10.5 Å². The summed E-state index contributed by atoms with van der Waals surface area (Å²) in [5, 5.41) is 15.2. The van der Waals surface area contributed by atoms with Gasteiger partial charge < -0.3 is 0 Å². The highest BCUT2D eigenvalue weighted by molar-refractivity contribution is 8.14. The number of halogens is 4. The molecule has 1 atom stereocenters. The average molecular weight is 597 g/mol. The number of hydroxylamine groups is 1. The zero-order valence-corrected chi connectivity index (χ0v) is 22.2. The van der Waals surface area contributed by atoms with E-state index in [-0.39, 0.29) is 17.6 Å². The van der Waals surface area contributed by atoms with Crippen LogP contribution in [0.4, 0.5) is 13.2 Å². The Morgan fingerprint density at radius 2 is 1.72 bits per heavy atom. The van der Waals surface area contributed by atoms with Crippen LogP contribution in [-0.4, -0.2) is 47.7 Å². The van der Waals surface area contributed by atoms with Crippen molar-refractivity contribution in [3.63, 3.8) is 0 Å². The largest absolute Gasteiger partial charge is 0.416 e. The van der Waals surface area contributed by atoms with Gasteiger partial charge in [0, 0.05) is 10.9 Å². The second-order valence-electron chi connectivity index (χ2n) is 8.23. The third kappa shape index (κ3) is 6.98. The lowest BCUT2D eigenvalue weighted by Crippen LogP contribution is -2.28. The first-order valence-corrected chi connectivity index (χ1v) is 14.0. The van der Waals surface area contributed by atoms with Gasteiger partial charge in [0.15, 0.2) is 5.17 Å². The van der Waals surface area contributed by atoms with Crippen LogP contribution in [0, 0.1) is 0 Å². The molecular formula is C25H20ClF3N4O4S2. The van der Waals surface area contributed by atoms with E-state index in [1.54, 1.807) is 24.3 Å². The van der Waals surface area contributed by atoms with Gasteiger partial charge >= 0.3 is 6.18 Å². The van der Waals surface area contributed by atoms with E-state index in [0.717, 1.165) is 23.3 Å². The number of sulfonamides is 1. The molecule has 1 heterocycles. The van der Waals surface area contributed by atoms with Gasteiger partial charge in [0.1, 0.15) is 0 Å². The van der Waals surface area contributed by atoms with Crippen molar-refractivity contribution in [3.05, 3.63) is 101 Å². The topological polar surface area (TPSA) is 111 Å². The summed E-state index contributed by atoms with van der Waals surface area (Å²) in [6.07, 6.45) is -4.64. The lowest BCUT2D eigenvalue weighted by atomic mass is 9.91. The number of amidine groups is 1. The molecule has 0 bridgehead atoms. The van der Waals surface area contributed by atoms with E-state index in [0.29, 0.717) is 34.6 Å². The highest BCUT2D eigenvalue weighted by Crippen LogP contribution is 2.33. The Labute approximate surface area is 231 Å². The van der Waals surface area contributed by atoms with Crippen molar-refractivity contribution >= 4 is 50.2 Å². The minimum Gasteiger partial charge on any atom is -0.289 e. The third-order valence-electron chi connectivity index (χ3n) is 5.61. The molecule has 0 spiro atoms. The number of carbonyl (C=O) groups excluding carboxylic acids is 1. The Morgan fingerprint density at radius 1 is 1.08 bits per heavy atom. The summed E-state index contributed by atoms with van der Waals surface area (Å²) in [4.78, 5) is 11.3. The van der Waals surface area contributed by atoms with Gasteiger partial charge in [-0.05, 0) is 47.5 Å². The van der Waals surface area contributed by atoms with Gasteiger partial charge in [0.25, 0.3) is 15.9 Å². The molecule has 1 unspecified atom stereocenters. The van der Waals surface area contributed by atoms with Crippen LogP contribution in [0.3, 0.4) is 0 Å². The van der Waals surface area contributed by atoms with Crippen molar-refractivity contribution in [2.24, 2.45) is 9.50 Å². The lowest BCUT2D eigenvalue weighted by Gasteiger charge is -2.18. The summed E-state index contributed by atoms with van der Waals surface area (Å²) in [5.74, 6) is -1.55. The SMILES string of the molecule is O=C(CS/C(=N\S(=O)(=O)c1ccc(C(F)(F)F)cc1)N1CC(c2ccccc2)C(c2ccc(Cl)cc2)=N1)NO. The van der Waals surface area contributed by atoms with Crippen LogP contribution in [0.2, 0.25) is 5.02 Å². The maximum atomic E-state index is 13.1. The second kappa shape index (κ2) is 11.8. The molecule has 2 N–H and O–H groups in total. The number of carbonyl (C=O) groups is 1. The van der Waals surface area contributed by atoms with Gasteiger partial charge in [-0.1, -0.05) is 65.8 Å². The smallest absolute Gasteiger partial charge is 0.289 e. The third-order valence-corrected chi connectivity index (χ3v) is 8.23. The molecule has 4 rings (SSSR count). The van der Waals surface area contributed by atoms with Gasteiger partial charge in [-0.15, -0.1) is 4.40 Å². The second-order valence-corrected chi connectivity index (χ2v) is 11.2. The fourth-order valence-corrected chi connectivity index (χ4v) is 5.84. The summed E-state index contributed by atoms with van der Waals surface area (Å²) in [6, 6.07) is 19.1. The Bertz CT molecular complexity index is 1500. The van der Waals surface area contributed by atoms with Gasteiger partial charge in [0.2, 0.25) is 0 Å². The van der Waals surface area contributed by atoms with Crippen LogP contribution in [-0.2, 0) is 21.0 Å². The molecule has 0 saturated carbocycles. The first-order valence-electron chi connectivity index (χ1n) is 11.2. The zero-order chi connectivity index (χ0) is 28.2. The van der Waals surface area contributed by atoms with Crippen molar-refractivity contribution < 1.29 is 31.6 Å². The van der Waals surface area contributed by atoms with E-state index in [9.17, 15) is 26.4 Å². The Kier molecular flexibility index (Phi) is 8.64. The number of nitrogens with zero attached hydrogens (tertiary/aromatic N) is 3.